The molecule has 0 aromatic rings. The van der Waals surface area contributed by atoms with Crippen LogP contribution < -0.4 is 5.32 Å². The maximum atomic E-state index is 11.7. The van der Waals surface area contributed by atoms with Crippen LogP contribution in [0.4, 0.5) is 4.79 Å². The summed E-state index contributed by atoms with van der Waals surface area (Å²) in [7, 11) is 1.32. The zero-order chi connectivity index (χ0) is 13.7. The zero-order valence-electron chi connectivity index (χ0n) is 10.5. The number of hydrogen-bond acceptors (Lipinski definition) is 4. The van der Waals surface area contributed by atoms with Crippen molar-refractivity contribution in [2.45, 2.75) is 13.3 Å². The van der Waals surface area contributed by atoms with Gasteiger partial charge in [-0.25, -0.2) is 4.79 Å². The summed E-state index contributed by atoms with van der Waals surface area (Å²) in [5.41, 5.74) is 0. The summed E-state index contributed by atoms with van der Waals surface area (Å²) >= 11 is 0. The van der Waals surface area contributed by atoms with Gasteiger partial charge in [-0.2, -0.15) is 0 Å². The van der Waals surface area contributed by atoms with Crippen LogP contribution in [0.15, 0.2) is 0 Å². The Bertz CT molecular complexity index is 344. The molecule has 1 heterocycles. The van der Waals surface area contributed by atoms with E-state index >= 15 is 0 Å². The van der Waals surface area contributed by atoms with Gasteiger partial charge in [-0.05, 0) is 6.42 Å². The lowest BCUT2D eigenvalue weighted by atomic mass is 10.1. The molecule has 0 saturated carbocycles. The van der Waals surface area contributed by atoms with E-state index in [9.17, 15) is 14.4 Å². The molecule has 0 aromatic carbocycles. The van der Waals surface area contributed by atoms with E-state index < -0.39 is 11.9 Å². The summed E-state index contributed by atoms with van der Waals surface area (Å²) in [5.74, 6) is -2.18. The van der Waals surface area contributed by atoms with Gasteiger partial charge in [0.2, 0.25) is 0 Å². The molecule has 0 bridgehead atoms. The lowest BCUT2D eigenvalue weighted by Gasteiger charge is -2.17. The third kappa shape index (κ3) is 3.61. The molecule has 2 atom stereocenters. The molecule has 102 valence electrons. The van der Waals surface area contributed by atoms with Gasteiger partial charge in [-0.3, -0.25) is 9.59 Å². The quantitative estimate of drug-likeness (QED) is 0.687. The Hall–Kier alpha value is -1.79. The van der Waals surface area contributed by atoms with Gasteiger partial charge in [-0.15, -0.1) is 0 Å². The maximum Gasteiger partial charge on any atom is 0.317 e. The first-order valence-electron chi connectivity index (χ1n) is 5.79. The van der Waals surface area contributed by atoms with Crippen LogP contribution in [-0.4, -0.2) is 54.7 Å². The summed E-state index contributed by atoms with van der Waals surface area (Å²) in [6, 6.07) is -0.338. The highest BCUT2D eigenvalue weighted by atomic mass is 16.5. The second kappa shape index (κ2) is 6.23. The summed E-state index contributed by atoms with van der Waals surface area (Å²) < 4.78 is 4.62. The van der Waals surface area contributed by atoms with Crippen molar-refractivity contribution in [2.24, 2.45) is 11.8 Å². The number of ether oxygens (including phenoxy) is 1. The molecule has 0 radical (unpaired) electrons. The molecular formula is C11H18N2O5. The predicted octanol–water partition coefficient (Wildman–Crippen LogP) is -0.0884. The molecule has 0 spiro atoms. The average Bonchev–Trinajstić information content (AvgIpc) is 2.83. The number of carbonyl (C=O) groups is 3. The molecule has 0 aromatic heterocycles. The average molecular weight is 258 g/mol. The molecule has 1 rings (SSSR count). The molecule has 1 aliphatic heterocycles. The molecule has 2 amide bonds. The number of urea groups is 1. The number of amides is 2. The topological polar surface area (TPSA) is 95.9 Å². The van der Waals surface area contributed by atoms with E-state index in [1.54, 1.807) is 0 Å². The normalized spacial score (nSPS) is 20.3. The Morgan fingerprint density at radius 2 is 2.17 bits per heavy atom. The minimum atomic E-state index is -0.954. The first-order valence-corrected chi connectivity index (χ1v) is 5.79. The van der Waals surface area contributed by atoms with Crippen molar-refractivity contribution in [3.8, 4) is 0 Å². The molecule has 2 N–H and O–H groups in total. The number of carbonyl (C=O) groups excluding carboxylic acids is 2. The molecule has 1 fully saturated rings. The molecule has 7 nitrogen and oxygen atoms in total. The summed E-state index contributed by atoms with van der Waals surface area (Å²) in [6.45, 7) is 2.39. The Balaban J connectivity index is 2.36. The summed E-state index contributed by atoms with van der Waals surface area (Å²) in [4.78, 5) is 35.1. The van der Waals surface area contributed by atoms with Gasteiger partial charge in [-0.1, -0.05) is 6.92 Å². The molecule has 18 heavy (non-hydrogen) atoms. The SMILES string of the molecule is COC(=O)C1CCN(C(=O)NCC(C)C(=O)O)C1. The van der Waals surface area contributed by atoms with Crippen LogP contribution in [0.1, 0.15) is 13.3 Å². The number of rotatable bonds is 4. The van der Waals surface area contributed by atoms with E-state index in [0.717, 1.165) is 0 Å². The number of likely N-dealkylation sites (tertiary alicyclic amines) is 1. The lowest BCUT2D eigenvalue weighted by molar-refractivity contribution is -0.145. The first kappa shape index (κ1) is 14.3. The van der Waals surface area contributed by atoms with Gasteiger partial charge < -0.3 is 20.1 Å². The summed E-state index contributed by atoms with van der Waals surface area (Å²) in [6.07, 6.45) is 0.578. The van der Waals surface area contributed by atoms with Crippen molar-refractivity contribution in [2.75, 3.05) is 26.7 Å². The van der Waals surface area contributed by atoms with Crippen molar-refractivity contribution in [3.05, 3.63) is 0 Å². The van der Waals surface area contributed by atoms with Crippen molar-refractivity contribution in [3.63, 3.8) is 0 Å². The number of nitrogens with one attached hydrogen (secondary N) is 1. The molecule has 7 heteroatoms. The zero-order valence-corrected chi connectivity index (χ0v) is 10.5. The summed E-state index contributed by atoms with van der Waals surface area (Å²) in [5, 5.41) is 11.2. The third-order valence-corrected chi connectivity index (χ3v) is 2.99. The minimum absolute atomic E-state index is 0.0769. The van der Waals surface area contributed by atoms with Crippen LogP contribution in [0, 0.1) is 11.8 Å². The van der Waals surface area contributed by atoms with Crippen LogP contribution in [-0.2, 0) is 14.3 Å². The van der Waals surface area contributed by atoms with Crippen LogP contribution in [0.3, 0.4) is 0 Å². The standard InChI is InChI=1S/C11H18N2O5/c1-7(9(14)15)5-12-11(17)13-4-3-8(6-13)10(16)18-2/h7-8H,3-6H2,1-2H3,(H,12,17)(H,14,15). The highest BCUT2D eigenvalue weighted by molar-refractivity contribution is 5.78. The Labute approximate surface area is 105 Å². The third-order valence-electron chi connectivity index (χ3n) is 2.99. The number of methoxy groups -OCH3 is 1. The van der Waals surface area contributed by atoms with Gasteiger partial charge in [0.05, 0.1) is 18.9 Å². The number of carboxylic acids is 1. The van der Waals surface area contributed by atoms with Gasteiger partial charge in [0.1, 0.15) is 0 Å². The lowest BCUT2D eigenvalue weighted by Crippen LogP contribution is -2.41. The number of nitrogens with zero attached hydrogens (tertiary/aromatic N) is 1. The Morgan fingerprint density at radius 1 is 1.50 bits per heavy atom. The van der Waals surface area contributed by atoms with E-state index in [1.165, 1.54) is 18.9 Å². The van der Waals surface area contributed by atoms with Crippen molar-refractivity contribution in [1.29, 1.82) is 0 Å². The molecular weight excluding hydrogens is 240 g/mol. The van der Waals surface area contributed by atoms with Gasteiger partial charge in [0, 0.05) is 19.6 Å². The van der Waals surface area contributed by atoms with E-state index in [2.05, 4.69) is 10.1 Å². The number of carboxylic acid groups (broad SMARTS) is 1. The van der Waals surface area contributed by atoms with Crippen LogP contribution >= 0.6 is 0 Å². The van der Waals surface area contributed by atoms with Crippen molar-refractivity contribution >= 4 is 18.0 Å². The van der Waals surface area contributed by atoms with Crippen molar-refractivity contribution in [1.82, 2.24) is 10.2 Å². The fraction of sp³-hybridized carbons (Fsp3) is 0.727. The fourth-order valence-electron chi connectivity index (χ4n) is 1.74. The molecule has 1 aliphatic rings. The van der Waals surface area contributed by atoms with Gasteiger partial charge in [0.15, 0.2) is 0 Å². The van der Waals surface area contributed by atoms with E-state index in [-0.39, 0.29) is 24.5 Å². The molecule has 2 unspecified atom stereocenters. The highest BCUT2D eigenvalue weighted by Gasteiger charge is 2.31. The van der Waals surface area contributed by atoms with Crippen molar-refractivity contribution < 1.29 is 24.2 Å². The van der Waals surface area contributed by atoms with Crippen LogP contribution in [0.5, 0.6) is 0 Å². The second-order valence-electron chi connectivity index (χ2n) is 4.38. The van der Waals surface area contributed by atoms with E-state index in [4.69, 9.17) is 5.11 Å². The predicted molar refractivity (Wildman–Crippen MR) is 61.9 cm³/mol. The first-order chi connectivity index (χ1) is 8.45. The number of esters is 1. The van der Waals surface area contributed by atoms with Gasteiger partial charge >= 0.3 is 18.0 Å². The second-order valence-corrected chi connectivity index (χ2v) is 4.38. The fourth-order valence-corrected chi connectivity index (χ4v) is 1.74. The van der Waals surface area contributed by atoms with E-state index in [0.29, 0.717) is 19.5 Å². The monoisotopic (exact) mass is 258 g/mol. The minimum Gasteiger partial charge on any atom is -0.481 e. The molecule has 0 aliphatic carbocycles. The Kier molecular flexibility index (Phi) is 4.94. The van der Waals surface area contributed by atoms with Crippen LogP contribution in [0.25, 0.3) is 0 Å². The number of hydrogen-bond donors (Lipinski definition) is 2. The highest BCUT2D eigenvalue weighted by Crippen LogP contribution is 2.17. The van der Waals surface area contributed by atoms with Crippen LogP contribution in [0.2, 0.25) is 0 Å². The van der Waals surface area contributed by atoms with E-state index in [1.807, 2.05) is 0 Å². The maximum absolute atomic E-state index is 11.7. The number of aliphatic carboxylic acids is 1. The Morgan fingerprint density at radius 3 is 2.72 bits per heavy atom. The van der Waals surface area contributed by atoms with Gasteiger partial charge in [0.25, 0.3) is 0 Å². The molecule has 1 saturated heterocycles. The smallest absolute Gasteiger partial charge is 0.317 e. The largest absolute Gasteiger partial charge is 0.481 e.